The van der Waals surface area contributed by atoms with E-state index in [1.165, 1.54) is 0 Å². The number of likely N-dealkylation sites (N-methyl/N-ethyl adjacent to an activating group) is 1. The van der Waals surface area contributed by atoms with Gasteiger partial charge in [0.15, 0.2) is 0 Å². The molecule has 0 aliphatic carbocycles. The molecule has 0 saturated heterocycles. The molecule has 0 spiro atoms. The van der Waals surface area contributed by atoms with Crippen molar-refractivity contribution < 1.29 is 24.2 Å². The Morgan fingerprint density at radius 1 is 1.19 bits per heavy atom. The molecule has 2 aromatic carbocycles. The zero-order chi connectivity index (χ0) is 26.5. The molecule has 1 aromatic heterocycles. The summed E-state index contributed by atoms with van der Waals surface area (Å²) in [6.07, 6.45) is 1.23. The van der Waals surface area contributed by atoms with Crippen LogP contribution in [0, 0.1) is 5.92 Å². The van der Waals surface area contributed by atoms with E-state index in [2.05, 4.69) is 4.98 Å². The smallest absolute Gasteiger partial charge is 0.259 e. The fourth-order valence-electron chi connectivity index (χ4n) is 4.50. The first-order valence-electron chi connectivity index (χ1n) is 12.4. The summed E-state index contributed by atoms with van der Waals surface area (Å²) in [6.45, 7) is 4.27. The maximum absolute atomic E-state index is 13.7. The summed E-state index contributed by atoms with van der Waals surface area (Å²) < 4.78 is 11.8. The highest BCUT2D eigenvalue weighted by molar-refractivity contribution is 5.98. The number of nitrogens with zero attached hydrogens (tertiary/aromatic N) is 3. The lowest BCUT2D eigenvalue weighted by Gasteiger charge is -2.37. The second-order valence-corrected chi connectivity index (χ2v) is 9.45. The van der Waals surface area contributed by atoms with Crippen molar-refractivity contribution in [3.05, 3.63) is 78.0 Å². The highest BCUT2D eigenvalue weighted by Crippen LogP contribution is 2.34. The van der Waals surface area contributed by atoms with E-state index >= 15 is 0 Å². The van der Waals surface area contributed by atoms with Crippen LogP contribution >= 0.6 is 0 Å². The van der Waals surface area contributed by atoms with Gasteiger partial charge in [0.1, 0.15) is 17.4 Å². The molecule has 8 heteroatoms. The minimum atomic E-state index is -0.428. The van der Waals surface area contributed by atoms with Gasteiger partial charge in [0, 0.05) is 42.4 Å². The Balaban J connectivity index is 1.71. The molecule has 0 saturated carbocycles. The van der Waals surface area contributed by atoms with E-state index in [0.29, 0.717) is 35.5 Å². The lowest BCUT2D eigenvalue weighted by atomic mass is 9.98. The molecule has 1 N–H and O–H groups in total. The number of fused-ring (bicyclic) bond motifs is 1. The number of carbonyl (C=O) groups excluding carboxylic acids is 2. The van der Waals surface area contributed by atoms with E-state index in [-0.39, 0.29) is 30.2 Å². The number of hydrogen-bond donors (Lipinski definition) is 1. The summed E-state index contributed by atoms with van der Waals surface area (Å²) in [5.41, 5.74) is 2.41. The first kappa shape index (κ1) is 26.2. The largest absolute Gasteiger partial charge is 0.496 e. The molecule has 3 atom stereocenters. The van der Waals surface area contributed by atoms with Crippen LogP contribution in [0.15, 0.2) is 66.9 Å². The number of aliphatic hydroxyl groups is 1. The van der Waals surface area contributed by atoms with Gasteiger partial charge in [-0.15, -0.1) is 0 Å². The third-order valence-corrected chi connectivity index (χ3v) is 6.76. The maximum Gasteiger partial charge on any atom is 0.259 e. The summed E-state index contributed by atoms with van der Waals surface area (Å²) in [5.74, 6) is 0.356. The number of carbonyl (C=O) groups is 2. The standard InChI is InChI=1S/C29H33N3O5/c1-19-16-32(20(2)18-33)29(35)24-14-22(23-12-8-9-13-25(23)36-4)15-30-27(24)37-26(19)17-31(3)28(34)21-10-6-5-7-11-21/h5-15,19-20,26,33H,16-18H2,1-4H3/t19-,20+,26+/m0/s1. The second kappa shape index (κ2) is 11.4. The van der Waals surface area contributed by atoms with Crippen LogP contribution in [0.2, 0.25) is 0 Å². The Kier molecular flexibility index (Phi) is 8.08. The first-order valence-corrected chi connectivity index (χ1v) is 12.4. The molecule has 2 heterocycles. The molecule has 4 rings (SSSR count). The zero-order valence-corrected chi connectivity index (χ0v) is 21.6. The van der Waals surface area contributed by atoms with Crippen molar-refractivity contribution in [1.29, 1.82) is 0 Å². The fraction of sp³-hybridized carbons (Fsp3) is 0.345. The molecular weight excluding hydrogens is 470 g/mol. The summed E-state index contributed by atoms with van der Waals surface area (Å²) in [5, 5.41) is 9.90. The van der Waals surface area contributed by atoms with Gasteiger partial charge >= 0.3 is 0 Å². The van der Waals surface area contributed by atoms with Crippen LogP contribution in [-0.2, 0) is 0 Å². The number of benzene rings is 2. The predicted molar refractivity (Wildman–Crippen MR) is 141 cm³/mol. The zero-order valence-electron chi connectivity index (χ0n) is 21.6. The molecule has 8 nitrogen and oxygen atoms in total. The number of aromatic nitrogens is 1. The third kappa shape index (κ3) is 5.59. The van der Waals surface area contributed by atoms with Gasteiger partial charge in [-0.3, -0.25) is 9.59 Å². The minimum Gasteiger partial charge on any atom is -0.496 e. The minimum absolute atomic E-state index is 0.116. The molecule has 37 heavy (non-hydrogen) atoms. The average Bonchev–Trinajstić information content (AvgIpc) is 2.94. The van der Waals surface area contributed by atoms with Gasteiger partial charge in [0.25, 0.3) is 11.8 Å². The Morgan fingerprint density at radius 2 is 1.89 bits per heavy atom. The van der Waals surface area contributed by atoms with Gasteiger partial charge in [-0.25, -0.2) is 4.98 Å². The molecular formula is C29H33N3O5. The van der Waals surface area contributed by atoms with E-state index in [9.17, 15) is 14.7 Å². The van der Waals surface area contributed by atoms with E-state index in [0.717, 1.165) is 5.56 Å². The van der Waals surface area contributed by atoms with Gasteiger partial charge in [-0.05, 0) is 31.2 Å². The second-order valence-electron chi connectivity index (χ2n) is 9.45. The highest BCUT2D eigenvalue weighted by atomic mass is 16.5. The number of hydrogen-bond acceptors (Lipinski definition) is 6. The quantitative estimate of drug-likeness (QED) is 0.528. The molecule has 0 radical (unpaired) electrons. The van der Waals surface area contributed by atoms with Crippen LogP contribution < -0.4 is 9.47 Å². The van der Waals surface area contributed by atoms with Crippen molar-refractivity contribution in [2.24, 2.45) is 5.92 Å². The maximum atomic E-state index is 13.7. The summed E-state index contributed by atoms with van der Waals surface area (Å²) in [7, 11) is 3.33. The van der Waals surface area contributed by atoms with Gasteiger partial charge in [-0.1, -0.05) is 43.3 Å². The fourth-order valence-corrected chi connectivity index (χ4v) is 4.50. The van der Waals surface area contributed by atoms with Crippen molar-refractivity contribution in [1.82, 2.24) is 14.8 Å². The monoisotopic (exact) mass is 503 g/mol. The molecule has 1 aliphatic rings. The van der Waals surface area contributed by atoms with Crippen LogP contribution in [0.5, 0.6) is 11.6 Å². The Hall–Kier alpha value is -3.91. The first-order chi connectivity index (χ1) is 17.8. The van der Waals surface area contributed by atoms with Crippen LogP contribution in [-0.4, -0.2) is 77.7 Å². The van der Waals surface area contributed by atoms with E-state index in [1.54, 1.807) is 48.4 Å². The molecule has 0 bridgehead atoms. The number of methoxy groups -OCH3 is 1. The Bertz CT molecular complexity index is 1250. The van der Waals surface area contributed by atoms with Crippen molar-refractivity contribution in [2.45, 2.75) is 26.0 Å². The summed E-state index contributed by atoms with van der Waals surface area (Å²) in [4.78, 5) is 34.5. The van der Waals surface area contributed by atoms with Crippen molar-refractivity contribution >= 4 is 11.8 Å². The van der Waals surface area contributed by atoms with Crippen LogP contribution in [0.25, 0.3) is 11.1 Å². The van der Waals surface area contributed by atoms with Crippen LogP contribution in [0.3, 0.4) is 0 Å². The lowest BCUT2D eigenvalue weighted by Crippen LogP contribution is -2.50. The van der Waals surface area contributed by atoms with Crippen LogP contribution in [0.1, 0.15) is 34.6 Å². The molecule has 2 amide bonds. The normalized spacial score (nSPS) is 18.2. The number of ether oxygens (including phenoxy) is 2. The van der Waals surface area contributed by atoms with E-state index in [4.69, 9.17) is 9.47 Å². The van der Waals surface area contributed by atoms with Gasteiger partial charge in [-0.2, -0.15) is 0 Å². The van der Waals surface area contributed by atoms with Gasteiger partial charge in [0.2, 0.25) is 5.88 Å². The van der Waals surface area contributed by atoms with Crippen molar-refractivity contribution in [2.75, 3.05) is 33.9 Å². The number of aliphatic hydroxyl groups excluding tert-OH is 1. The molecule has 3 aromatic rings. The molecule has 0 fully saturated rings. The van der Waals surface area contributed by atoms with Gasteiger partial charge < -0.3 is 24.4 Å². The highest BCUT2D eigenvalue weighted by Gasteiger charge is 2.35. The van der Waals surface area contributed by atoms with Crippen molar-refractivity contribution in [3.63, 3.8) is 0 Å². The Labute approximate surface area is 217 Å². The topological polar surface area (TPSA) is 92.2 Å². The molecule has 0 unspecified atom stereocenters. The third-order valence-electron chi connectivity index (χ3n) is 6.76. The number of amides is 2. The van der Waals surface area contributed by atoms with Crippen molar-refractivity contribution in [3.8, 4) is 22.8 Å². The van der Waals surface area contributed by atoms with Gasteiger partial charge in [0.05, 0.1) is 26.3 Å². The molecule has 1 aliphatic heterocycles. The number of para-hydroxylation sites is 1. The number of rotatable bonds is 7. The van der Waals surface area contributed by atoms with Crippen LogP contribution in [0.4, 0.5) is 0 Å². The summed E-state index contributed by atoms with van der Waals surface area (Å²) in [6, 6.07) is 18.0. The molecule has 194 valence electrons. The summed E-state index contributed by atoms with van der Waals surface area (Å²) >= 11 is 0. The Morgan fingerprint density at radius 3 is 2.59 bits per heavy atom. The number of pyridine rings is 1. The SMILES string of the molecule is COc1ccccc1-c1cnc2c(c1)C(=O)N([C@H](C)CO)C[C@H](C)[C@@H](CN(C)C(=O)c1ccccc1)O2. The average molecular weight is 504 g/mol. The lowest BCUT2D eigenvalue weighted by molar-refractivity contribution is 0.0313. The van der Waals surface area contributed by atoms with E-state index in [1.807, 2.05) is 56.3 Å². The van der Waals surface area contributed by atoms with E-state index < -0.39 is 12.1 Å². The predicted octanol–water partition coefficient (Wildman–Crippen LogP) is 3.75.